The van der Waals surface area contributed by atoms with Gasteiger partial charge in [0, 0.05) is 7.05 Å². The van der Waals surface area contributed by atoms with E-state index in [1.807, 2.05) is 9.36 Å². The van der Waals surface area contributed by atoms with Gasteiger partial charge in [0.1, 0.15) is 0 Å². The van der Waals surface area contributed by atoms with E-state index in [-0.39, 0.29) is 11.4 Å². The summed E-state index contributed by atoms with van der Waals surface area (Å²) in [5.74, 6) is 4.77. The zero-order valence-corrected chi connectivity index (χ0v) is 8.78. The van der Waals surface area contributed by atoms with E-state index in [0.29, 0.717) is 12.1 Å². The lowest BCUT2D eigenvalue weighted by Crippen LogP contribution is -2.45. The normalized spacial score (nSPS) is 60.1. The molecule has 16 heavy (non-hydrogen) atoms. The molecule has 4 fully saturated rings. The summed E-state index contributed by atoms with van der Waals surface area (Å²) in [5, 5.41) is 0. The summed E-state index contributed by atoms with van der Waals surface area (Å²) in [6.45, 7) is 0. The Kier molecular flexibility index (Phi) is 0.699. The maximum atomic E-state index is 12.1. The van der Waals surface area contributed by atoms with E-state index in [0.717, 1.165) is 35.5 Å². The number of hydrogen-bond acceptors (Lipinski definition) is 2. The minimum absolute atomic E-state index is 0.0879. The Bertz CT molecular complexity index is 618. The van der Waals surface area contributed by atoms with Crippen LogP contribution in [0.25, 0.3) is 0 Å². The second-order valence-electron chi connectivity index (χ2n) is 6.26. The predicted octanol–water partition coefficient (Wildman–Crippen LogP) is -0.804. The summed E-state index contributed by atoms with van der Waals surface area (Å²) < 4.78 is 4.90. The van der Waals surface area contributed by atoms with E-state index in [9.17, 15) is 9.59 Å². The Hall–Kier alpha value is -1.26. The van der Waals surface area contributed by atoms with Crippen molar-refractivity contribution in [3.05, 3.63) is 21.0 Å². The molecular weight excluding hydrogens is 206 g/mol. The molecule has 0 aromatic carbocycles. The molecule has 0 N–H and O–H groups in total. The molecule has 2 bridgehead atoms. The van der Waals surface area contributed by atoms with Gasteiger partial charge in [-0.05, 0) is 35.5 Å². The standard InChI is InChI=1S/C11H11N3O2/c1-12-10(15)13-8-4-2-3-6(8)7(3)9(5(2)4)14(13)11(12)16/h2-9H,1H3/t2?,3?,4-,5-,6-,7-,8?,9?/m1/s1. The highest BCUT2D eigenvalue weighted by molar-refractivity contribution is 5.37. The van der Waals surface area contributed by atoms with Gasteiger partial charge in [-0.15, -0.1) is 0 Å². The average molecular weight is 217 g/mol. The molecule has 7 rings (SSSR count). The number of nitrogens with zero attached hydrogens (tertiary/aromatic N) is 3. The molecule has 1 aromatic heterocycles. The molecule has 6 aliphatic rings. The summed E-state index contributed by atoms with van der Waals surface area (Å²) in [6, 6.07) is 0.771. The summed E-state index contributed by atoms with van der Waals surface area (Å²) >= 11 is 0. The summed E-state index contributed by atoms with van der Waals surface area (Å²) in [6.07, 6.45) is 0. The average Bonchev–Trinajstić information content (AvgIpc) is 3.10. The highest BCUT2D eigenvalue weighted by Gasteiger charge is 2.90. The molecule has 4 aliphatic carbocycles. The summed E-state index contributed by atoms with van der Waals surface area (Å²) in [5.41, 5.74) is -0.176. The molecule has 82 valence electrons. The molecule has 0 spiro atoms. The van der Waals surface area contributed by atoms with E-state index < -0.39 is 0 Å². The van der Waals surface area contributed by atoms with Crippen molar-refractivity contribution in [3.8, 4) is 0 Å². The van der Waals surface area contributed by atoms with Crippen LogP contribution >= 0.6 is 0 Å². The van der Waals surface area contributed by atoms with Crippen molar-refractivity contribution in [2.45, 2.75) is 12.1 Å². The van der Waals surface area contributed by atoms with Crippen LogP contribution in [-0.4, -0.2) is 13.9 Å². The van der Waals surface area contributed by atoms with Crippen LogP contribution in [0.3, 0.4) is 0 Å². The Morgan fingerprint density at radius 1 is 0.750 bits per heavy atom. The maximum absolute atomic E-state index is 12.1. The van der Waals surface area contributed by atoms with Crippen molar-refractivity contribution >= 4 is 0 Å². The van der Waals surface area contributed by atoms with Gasteiger partial charge in [-0.2, -0.15) is 0 Å². The highest BCUT2D eigenvalue weighted by Crippen LogP contribution is 2.91. The van der Waals surface area contributed by atoms with Gasteiger partial charge in [0.15, 0.2) is 0 Å². The molecule has 4 atom stereocenters. The van der Waals surface area contributed by atoms with Gasteiger partial charge in [0.25, 0.3) is 0 Å². The van der Waals surface area contributed by atoms with Crippen molar-refractivity contribution in [2.24, 2.45) is 42.6 Å². The predicted molar refractivity (Wildman–Crippen MR) is 52.9 cm³/mol. The fraction of sp³-hybridized carbons (Fsp3) is 0.818. The highest BCUT2D eigenvalue weighted by atomic mass is 16.2. The zero-order valence-electron chi connectivity index (χ0n) is 8.78. The lowest BCUT2D eigenvalue weighted by molar-refractivity contribution is 0.112. The van der Waals surface area contributed by atoms with Crippen LogP contribution in [0.4, 0.5) is 0 Å². The third-order valence-corrected chi connectivity index (χ3v) is 6.17. The molecule has 1 aromatic rings. The molecule has 0 amide bonds. The monoisotopic (exact) mass is 217 g/mol. The van der Waals surface area contributed by atoms with E-state index in [4.69, 9.17) is 0 Å². The first-order chi connectivity index (χ1) is 7.73. The molecule has 0 saturated heterocycles. The first-order valence-electron chi connectivity index (χ1n) is 6.13. The fourth-order valence-electron chi connectivity index (χ4n) is 5.90. The molecule has 0 radical (unpaired) electrons. The minimum atomic E-state index is -0.0879. The Morgan fingerprint density at radius 3 is 1.50 bits per heavy atom. The van der Waals surface area contributed by atoms with E-state index in [1.165, 1.54) is 4.57 Å². The zero-order chi connectivity index (χ0) is 10.5. The minimum Gasteiger partial charge on any atom is -0.246 e. The van der Waals surface area contributed by atoms with Gasteiger partial charge in [0.2, 0.25) is 0 Å². The van der Waals surface area contributed by atoms with Gasteiger partial charge >= 0.3 is 11.4 Å². The molecule has 3 heterocycles. The molecule has 5 nitrogen and oxygen atoms in total. The van der Waals surface area contributed by atoms with Crippen molar-refractivity contribution in [1.29, 1.82) is 0 Å². The van der Waals surface area contributed by atoms with E-state index in [1.54, 1.807) is 7.05 Å². The quantitative estimate of drug-likeness (QED) is 0.571. The molecule has 5 heteroatoms. The van der Waals surface area contributed by atoms with Crippen molar-refractivity contribution in [2.75, 3.05) is 0 Å². The molecule has 0 unspecified atom stereocenters. The molecular formula is C11H11N3O2. The van der Waals surface area contributed by atoms with Gasteiger partial charge in [-0.1, -0.05) is 0 Å². The molecule has 4 saturated carbocycles. The van der Waals surface area contributed by atoms with Crippen LogP contribution in [0.2, 0.25) is 0 Å². The van der Waals surface area contributed by atoms with Crippen LogP contribution in [0.1, 0.15) is 12.1 Å². The van der Waals surface area contributed by atoms with Gasteiger partial charge < -0.3 is 0 Å². The van der Waals surface area contributed by atoms with Crippen molar-refractivity contribution in [3.63, 3.8) is 0 Å². The lowest BCUT2D eigenvalue weighted by atomic mass is 9.89. The first kappa shape index (κ1) is 7.14. The van der Waals surface area contributed by atoms with Crippen LogP contribution in [-0.2, 0) is 7.05 Å². The van der Waals surface area contributed by atoms with E-state index in [2.05, 4.69) is 0 Å². The van der Waals surface area contributed by atoms with Crippen LogP contribution < -0.4 is 11.4 Å². The maximum Gasteiger partial charge on any atom is 0.347 e. The third-order valence-electron chi connectivity index (χ3n) is 6.17. The number of rotatable bonds is 0. The van der Waals surface area contributed by atoms with E-state index >= 15 is 0 Å². The summed E-state index contributed by atoms with van der Waals surface area (Å²) in [4.78, 5) is 24.1. The SMILES string of the molecule is Cn1c(=O)n2n(c1=O)C1[C@@H]3C4C5[C@@H](C2[C@H]43)[C@@H]51. The van der Waals surface area contributed by atoms with Crippen LogP contribution in [0.5, 0.6) is 0 Å². The number of aromatic nitrogens is 3. The Balaban J connectivity index is 1.85. The second kappa shape index (κ2) is 1.57. The van der Waals surface area contributed by atoms with Crippen LogP contribution in [0, 0.1) is 35.5 Å². The van der Waals surface area contributed by atoms with Crippen molar-refractivity contribution < 1.29 is 0 Å². The van der Waals surface area contributed by atoms with Gasteiger partial charge in [-0.3, -0.25) is 0 Å². The first-order valence-corrected chi connectivity index (χ1v) is 6.13. The topological polar surface area (TPSA) is 48.9 Å². The number of hydrogen-bond donors (Lipinski definition) is 0. The Labute approximate surface area is 90.3 Å². The third kappa shape index (κ3) is 0.394. The smallest absolute Gasteiger partial charge is 0.246 e. The Morgan fingerprint density at radius 2 is 1.12 bits per heavy atom. The van der Waals surface area contributed by atoms with Crippen LogP contribution in [0.15, 0.2) is 9.59 Å². The molecule has 2 aliphatic heterocycles. The van der Waals surface area contributed by atoms with Gasteiger partial charge in [-0.25, -0.2) is 23.5 Å². The second-order valence-corrected chi connectivity index (χ2v) is 6.26. The largest absolute Gasteiger partial charge is 0.347 e. The lowest BCUT2D eigenvalue weighted by Gasteiger charge is -2.36. The van der Waals surface area contributed by atoms with Gasteiger partial charge in [0.05, 0.1) is 12.1 Å². The fourth-order valence-corrected chi connectivity index (χ4v) is 5.90. The van der Waals surface area contributed by atoms with Crippen molar-refractivity contribution in [1.82, 2.24) is 13.9 Å². The summed E-state index contributed by atoms with van der Waals surface area (Å²) in [7, 11) is 1.60.